The highest BCUT2D eigenvalue weighted by Gasteiger charge is 2.21. The van der Waals surface area contributed by atoms with Gasteiger partial charge in [0.05, 0.1) is 15.5 Å². The Kier molecular flexibility index (Phi) is 4.33. The van der Waals surface area contributed by atoms with Crippen LogP contribution in [0.3, 0.4) is 0 Å². The van der Waals surface area contributed by atoms with Gasteiger partial charge in [0.25, 0.3) is 0 Å². The van der Waals surface area contributed by atoms with Crippen LogP contribution in [0.5, 0.6) is 0 Å². The zero-order chi connectivity index (χ0) is 13.5. The third-order valence-electron chi connectivity index (χ3n) is 2.53. The van der Waals surface area contributed by atoms with Crippen LogP contribution in [0.2, 0.25) is 0 Å². The maximum absolute atomic E-state index is 6.27. The van der Waals surface area contributed by atoms with Gasteiger partial charge in [-0.2, -0.15) is 0 Å². The lowest BCUT2D eigenvalue weighted by atomic mass is 9.93. The van der Waals surface area contributed by atoms with Gasteiger partial charge in [-0.3, -0.25) is 0 Å². The van der Waals surface area contributed by atoms with Crippen molar-refractivity contribution in [2.75, 3.05) is 0 Å². The van der Waals surface area contributed by atoms with Crippen LogP contribution in [0, 0.1) is 0 Å². The molecule has 0 aromatic carbocycles. The second-order valence-electron chi connectivity index (χ2n) is 5.07. The average Bonchev–Trinajstić information content (AvgIpc) is 2.85. The highest BCUT2D eigenvalue weighted by Crippen LogP contribution is 2.37. The van der Waals surface area contributed by atoms with Crippen molar-refractivity contribution in [1.82, 2.24) is 4.98 Å². The molecule has 0 radical (unpaired) electrons. The van der Waals surface area contributed by atoms with Gasteiger partial charge < -0.3 is 5.73 Å². The number of rotatable bonds is 2. The highest BCUT2D eigenvalue weighted by molar-refractivity contribution is 9.13. The van der Waals surface area contributed by atoms with Gasteiger partial charge in [0.2, 0.25) is 0 Å². The smallest absolute Gasteiger partial charge is 0.115 e. The number of thiophene rings is 1. The number of hydrogen-bond acceptors (Lipinski definition) is 4. The summed E-state index contributed by atoms with van der Waals surface area (Å²) in [5.74, 6) is 0. The Balaban J connectivity index is 2.29. The molecule has 2 aromatic rings. The molecule has 0 aliphatic carbocycles. The average molecular weight is 410 g/mol. The van der Waals surface area contributed by atoms with Crippen LogP contribution in [0.1, 0.15) is 42.4 Å². The van der Waals surface area contributed by atoms with Crippen LogP contribution in [0.4, 0.5) is 0 Å². The lowest BCUT2D eigenvalue weighted by Crippen LogP contribution is -2.14. The summed E-state index contributed by atoms with van der Waals surface area (Å²) in [6.45, 7) is 6.49. The van der Waals surface area contributed by atoms with Crippen LogP contribution in [-0.2, 0) is 5.41 Å². The first-order valence-corrected chi connectivity index (χ1v) is 8.73. The Morgan fingerprint density at radius 3 is 2.44 bits per heavy atom. The molecule has 0 amide bonds. The normalized spacial score (nSPS) is 13.9. The minimum Gasteiger partial charge on any atom is -0.318 e. The van der Waals surface area contributed by atoms with E-state index in [0.717, 1.165) is 23.8 Å². The molecule has 98 valence electrons. The van der Waals surface area contributed by atoms with Gasteiger partial charge in [-0.15, -0.1) is 22.7 Å². The summed E-state index contributed by atoms with van der Waals surface area (Å²) in [6, 6.07) is 1.91. The lowest BCUT2D eigenvalue weighted by Gasteiger charge is -2.14. The van der Waals surface area contributed by atoms with Crippen molar-refractivity contribution in [3.8, 4) is 0 Å². The maximum atomic E-state index is 6.27. The Hall–Kier alpha value is 0.250. The topological polar surface area (TPSA) is 38.9 Å². The first kappa shape index (κ1) is 14.7. The second kappa shape index (κ2) is 5.32. The van der Waals surface area contributed by atoms with Crippen LogP contribution < -0.4 is 5.73 Å². The molecule has 2 nitrogen and oxygen atoms in total. The van der Waals surface area contributed by atoms with Gasteiger partial charge in [-0.1, -0.05) is 20.8 Å². The molecular weight excluding hydrogens is 396 g/mol. The fraction of sp³-hybridized carbons (Fsp3) is 0.417. The van der Waals surface area contributed by atoms with E-state index in [2.05, 4.69) is 69.1 Å². The van der Waals surface area contributed by atoms with Crippen molar-refractivity contribution in [3.63, 3.8) is 0 Å². The molecule has 0 saturated carbocycles. The van der Waals surface area contributed by atoms with Crippen LogP contribution >= 0.6 is 54.5 Å². The van der Waals surface area contributed by atoms with E-state index in [-0.39, 0.29) is 11.5 Å². The van der Waals surface area contributed by atoms with Crippen molar-refractivity contribution in [1.29, 1.82) is 0 Å². The van der Waals surface area contributed by atoms with E-state index >= 15 is 0 Å². The Bertz CT molecular complexity index is 535. The van der Waals surface area contributed by atoms with Crippen molar-refractivity contribution in [2.24, 2.45) is 5.73 Å². The minimum absolute atomic E-state index is 0.0745. The lowest BCUT2D eigenvalue weighted by molar-refractivity contribution is 0.569. The molecule has 0 aliphatic rings. The number of nitrogens with two attached hydrogens (primary N) is 1. The monoisotopic (exact) mass is 408 g/mol. The molecule has 2 N–H and O–H groups in total. The molecular formula is C12H14Br2N2S2. The predicted molar refractivity (Wildman–Crippen MR) is 86.6 cm³/mol. The molecule has 6 heteroatoms. The molecule has 1 unspecified atom stereocenters. The zero-order valence-corrected chi connectivity index (χ0v) is 15.1. The van der Waals surface area contributed by atoms with Gasteiger partial charge >= 0.3 is 0 Å². The standard InChI is InChI=1S/C12H14Br2N2S2/c1-12(2,3)8-5-17-11(16-8)9(15)7-4-6(13)10(14)18-7/h4-5,9H,15H2,1-3H3. The van der Waals surface area contributed by atoms with Crippen LogP contribution in [-0.4, -0.2) is 4.98 Å². The Morgan fingerprint density at radius 2 is 2.00 bits per heavy atom. The Labute approximate surface area is 132 Å². The number of hydrogen-bond donors (Lipinski definition) is 1. The van der Waals surface area contributed by atoms with Gasteiger partial charge in [0.1, 0.15) is 5.01 Å². The molecule has 0 saturated heterocycles. The molecule has 0 aliphatic heterocycles. The third-order valence-corrected chi connectivity index (χ3v) is 6.79. The zero-order valence-electron chi connectivity index (χ0n) is 10.3. The van der Waals surface area contributed by atoms with E-state index in [0.29, 0.717) is 0 Å². The number of halogens is 2. The van der Waals surface area contributed by atoms with Crippen LogP contribution in [0.15, 0.2) is 19.7 Å². The second-order valence-corrected chi connectivity index (χ2v) is 9.21. The SMILES string of the molecule is CC(C)(C)c1csc(C(N)c2cc(Br)c(Br)s2)n1. The van der Waals surface area contributed by atoms with Crippen LogP contribution in [0.25, 0.3) is 0 Å². The minimum atomic E-state index is -0.140. The van der Waals surface area contributed by atoms with Gasteiger partial charge in [0.15, 0.2) is 0 Å². The molecule has 1 atom stereocenters. The quantitative estimate of drug-likeness (QED) is 0.751. The summed E-state index contributed by atoms with van der Waals surface area (Å²) >= 11 is 10.3. The van der Waals surface area contributed by atoms with E-state index in [4.69, 9.17) is 5.73 Å². The summed E-state index contributed by atoms with van der Waals surface area (Å²) in [7, 11) is 0. The molecule has 2 heterocycles. The van der Waals surface area contributed by atoms with Gasteiger partial charge in [-0.25, -0.2) is 4.98 Å². The molecule has 18 heavy (non-hydrogen) atoms. The molecule has 2 aromatic heterocycles. The Morgan fingerprint density at radius 1 is 1.33 bits per heavy atom. The maximum Gasteiger partial charge on any atom is 0.115 e. The summed E-state index contributed by atoms with van der Waals surface area (Å²) in [5, 5.41) is 3.08. The van der Waals surface area contributed by atoms with Gasteiger partial charge in [-0.05, 0) is 37.9 Å². The summed E-state index contributed by atoms with van der Waals surface area (Å²) in [6.07, 6.45) is 0. The molecule has 0 bridgehead atoms. The largest absolute Gasteiger partial charge is 0.318 e. The number of thiazole rings is 1. The fourth-order valence-electron chi connectivity index (χ4n) is 1.41. The summed E-state index contributed by atoms with van der Waals surface area (Å²) < 4.78 is 2.12. The molecule has 2 rings (SSSR count). The van der Waals surface area contributed by atoms with Crippen molar-refractivity contribution in [3.05, 3.63) is 35.3 Å². The number of nitrogens with zero attached hydrogens (tertiary/aromatic N) is 1. The van der Waals surface area contributed by atoms with E-state index in [1.165, 1.54) is 0 Å². The summed E-state index contributed by atoms with van der Waals surface area (Å²) in [4.78, 5) is 5.78. The third kappa shape index (κ3) is 3.04. The number of aromatic nitrogens is 1. The first-order valence-electron chi connectivity index (χ1n) is 5.45. The van der Waals surface area contributed by atoms with Crippen molar-refractivity contribution in [2.45, 2.75) is 32.2 Å². The molecule has 0 fully saturated rings. The van der Waals surface area contributed by atoms with E-state index < -0.39 is 0 Å². The van der Waals surface area contributed by atoms with Crippen molar-refractivity contribution >= 4 is 54.5 Å². The fourth-order valence-corrected chi connectivity index (χ4v) is 4.65. The van der Waals surface area contributed by atoms with Crippen molar-refractivity contribution < 1.29 is 0 Å². The molecule has 0 spiro atoms. The van der Waals surface area contributed by atoms with E-state index in [9.17, 15) is 0 Å². The van der Waals surface area contributed by atoms with E-state index in [1.54, 1.807) is 22.7 Å². The predicted octanol–water partition coefficient (Wildman–Crippen LogP) is 5.08. The van der Waals surface area contributed by atoms with E-state index in [1.807, 2.05) is 0 Å². The first-order chi connectivity index (χ1) is 8.29. The summed E-state index contributed by atoms with van der Waals surface area (Å²) in [5.41, 5.74) is 7.45. The highest BCUT2D eigenvalue weighted by atomic mass is 79.9. The van der Waals surface area contributed by atoms with Gasteiger partial charge in [0, 0.05) is 20.1 Å².